The highest BCUT2D eigenvalue weighted by Gasteiger charge is 2.00. The average molecular weight is 254 g/mol. The molecule has 1 rings (SSSR count). The second-order valence-electron chi connectivity index (χ2n) is 4.45. The molecule has 0 radical (unpaired) electrons. The molecule has 3 nitrogen and oxygen atoms in total. The van der Waals surface area contributed by atoms with Gasteiger partial charge in [0.25, 0.3) is 0 Å². The summed E-state index contributed by atoms with van der Waals surface area (Å²) in [5, 5.41) is 0. The van der Waals surface area contributed by atoms with Gasteiger partial charge < -0.3 is 5.73 Å². The van der Waals surface area contributed by atoms with Crippen molar-refractivity contribution in [1.29, 1.82) is 0 Å². The molecule has 0 aliphatic heterocycles. The molecule has 0 fully saturated rings. The van der Waals surface area contributed by atoms with E-state index in [0.29, 0.717) is 6.42 Å². The van der Waals surface area contributed by atoms with E-state index in [1.54, 1.807) is 11.3 Å². The minimum absolute atomic E-state index is 0.175. The molecule has 1 amide bonds. The van der Waals surface area contributed by atoms with E-state index in [1.165, 1.54) is 36.3 Å². The molecule has 0 aliphatic rings. The number of hydrogen-bond acceptors (Lipinski definition) is 3. The maximum absolute atomic E-state index is 10.5. The molecule has 1 heterocycles. The van der Waals surface area contributed by atoms with Gasteiger partial charge in [-0.25, -0.2) is 4.98 Å². The van der Waals surface area contributed by atoms with Crippen LogP contribution in [0.2, 0.25) is 0 Å². The first-order chi connectivity index (χ1) is 8.20. The lowest BCUT2D eigenvalue weighted by Gasteiger charge is -2.01. The number of unbranched alkanes of at least 4 members (excludes halogenated alkanes) is 5. The van der Waals surface area contributed by atoms with Crippen LogP contribution in [0.5, 0.6) is 0 Å². The topological polar surface area (TPSA) is 56.0 Å². The molecule has 0 spiro atoms. The van der Waals surface area contributed by atoms with Crippen molar-refractivity contribution in [3.05, 3.63) is 16.1 Å². The van der Waals surface area contributed by atoms with Crippen molar-refractivity contribution in [3.63, 3.8) is 0 Å². The normalized spacial score (nSPS) is 10.6. The monoisotopic (exact) mass is 254 g/mol. The van der Waals surface area contributed by atoms with Gasteiger partial charge in [-0.2, -0.15) is 0 Å². The lowest BCUT2D eigenvalue weighted by Crippen LogP contribution is -2.09. The maximum atomic E-state index is 10.5. The number of primary amides is 1. The van der Waals surface area contributed by atoms with Gasteiger partial charge in [0.2, 0.25) is 5.91 Å². The minimum Gasteiger partial charge on any atom is -0.370 e. The molecule has 0 atom stereocenters. The fourth-order valence-corrected chi connectivity index (χ4v) is 2.68. The molecule has 96 valence electrons. The summed E-state index contributed by atoms with van der Waals surface area (Å²) in [4.78, 5) is 16.2. The van der Waals surface area contributed by atoms with E-state index in [0.717, 1.165) is 19.3 Å². The molecule has 0 saturated heterocycles. The van der Waals surface area contributed by atoms with E-state index >= 15 is 0 Å². The van der Waals surface area contributed by atoms with Crippen LogP contribution in [-0.2, 0) is 11.2 Å². The standard InChI is InChI=1S/C13H22N2OS/c1-11-12(17-10-15-11)8-6-4-2-3-5-7-9-13(14)16/h10H,2-9H2,1H3,(H2,14,16). The third-order valence-corrected chi connectivity index (χ3v) is 3.92. The van der Waals surface area contributed by atoms with Crippen LogP contribution in [0.1, 0.15) is 55.5 Å². The Labute approximate surface area is 107 Å². The highest BCUT2D eigenvalue weighted by Crippen LogP contribution is 2.16. The van der Waals surface area contributed by atoms with Gasteiger partial charge in [0.1, 0.15) is 0 Å². The zero-order valence-corrected chi connectivity index (χ0v) is 11.4. The van der Waals surface area contributed by atoms with Gasteiger partial charge in [0.15, 0.2) is 0 Å². The van der Waals surface area contributed by atoms with Crippen molar-refractivity contribution in [3.8, 4) is 0 Å². The van der Waals surface area contributed by atoms with Gasteiger partial charge in [-0.3, -0.25) is 4.79 Å². The summed E-state index contributed by atoms with van der Waals surface area (Å²) in [6.07, 6.45) is 8.78. The summed E-state index contributed by atoms with van der Waals surface area (Å²) >= 11 is 1.76. The first-order valence-electron chi connectivity index (χ1n) is 6.37. The van der Waals surface area contributed by atoms with Crippen LogP contribution < -0.4 is 5.73 Å². The van der Waals surface area contributed by atoms with Gasteiger partial charge in [-0.1, -0.05) is 25.7 Å². The molecule has 4 heteroatoms. The Balaban J connectivity index is 1.91. The molecule has 17 heavy (non-hydrogen) atoms. The van der Waals surface area contributed by atoms with Gasteiger partial charge in [-0.05, 0) is 26.2 Å². The lowest BCUT2D eigenvalue weighted by atomic mass is 10.1. The Kier molecular flexibility index (Phi) is 6.86. The summed E-state index contributed by atoms with van der Waals surface area (Å²) in [5.74, 6) is -0.175. The van der Waals surface area contributed by atoms with Gasteiger partial charge in [0, 0.05) is 11.3 Å². The summed E-state index contributed by atoms with van der Waals surface area (Å²) in [7, 11) is 0. The maximum Gasteiger partial charge on any atom is 0.217 e. The Morgan fingerprint density at radius 2 is 1.88 bits per heavy atom. The molecular formula is C13H22N2OS. The van der Waals surface area contributed by atoms with Crippen molar-refractivity contribution < 1.29 is 4.79 Å². The molecule has 0 bridgehead atoms. The van der Waals surface area contributed by atoms with Gasteiger partial charge in [0.05, 0.1) is 11.2 Å². The molecular weight excluding hydrogens is 232 g/mol. The van der Waals surface area contributed by atoms with Crippen LogP contribution in [0.4, 0.5) is 0 Å². The fraction of sp³-hybridized carbons (Fsp3) is 0.692. The third-order valence-electron chi connectivity index (χ3n) is 2.92. The van der Waals surface area contributed by atoms with Crippen molar-refractivity contribution in [2.45, 2.75) is 58.3 Å². The second kappa shape index (κ2) is 8.23. The molecule has 1 aromatic rings. The Morgan fingerprint density at radius 3 is 2.47 bits per heavy atom. The fourth-order valence-electron chi connectivity index (χ4n) is 1.86. The highest BCUT2D eigenvalue weighted by molar-refractivity contribution is 7.09. The lowest BCUT2D eigenvalue weighted by molar-refractivity contribution is -0.118. The number of carbonyl (C=O) groups is 1. The second-order valence-corrected chi connectivity index (χ2v) is 5.39. The number of amides is 1. The molecule has 1 aromatic heterocycles. The number of aromatic nitrogens is 1. The first-order valence-corrected chi connectivity index (χ1v) is 7.25. The van der Waals surface area contributed by atoms with Crippen molar-refractivity contribution in [1.82, 2.24) is 4.98 Å². The molecule has 0 saturated carbocycles. The van der Waals surface area contributed by atoms with Crippen molar-refractivity contribution in [2.75, 3.05) is 0 Å². The van der Waals surface area contributed by atoms with E-state index < -0.39 is 0 Å². The van der Waals surface area contributed by atoms with Crippen LogP contribution in [0.25, 0.3) is 0 Å². The number of rotatable bonds is 9. The van der Waals surface area contributed by atoms with Crippen LogP contribution in [0.15, 0.2) is 5.51 Å². The summed E-state index contributed by atoms with van der Waals surface area (Å²) in [5.41, 5.74) is 8.20. The highest BCUT2D eigenvalue weighted by atomic mass is 32.1. The largest absolute Gasteiger partial charge is 0.370 e. The number of thiazole rings is 1. The summed E-state index contributed by atoms with van der Waals surface area (Å²) in [6.45, 7) is 2.08. The zero-order chi connectivity index (χ0) is 12.5. The smallest absolute Gasteiger partial charge is 0.217 e. The van der Waals surface area contributed by atoms with Crippen LogP contribution in [-0.4, -0.2) is 10.9 Å². The number of nitrogens with two attached hydrogens (primary N) is 1. The predicted octanol–water partition coefficient (Wildman–Crippen LogP) is 3.21. The van der Waals surface area contributed by atoms with E-state index in [-0.39, 0.29) is 5.91 Å². The molecule has 2 N–H and O–H groups in total. The van der Waals surface area contributed by atoms with Gasteiger partial charge in [-0.15, -0.1) is 11.3 Å². The quantitative estimate of drug-likeness (QED) is 0.688. The Hall–Kier alpha value is -0.900. The molecule has 0 unspecified atom stereocenters. The van der Waals surface area contributed by atoms with Crippen LogP contribution in [0.3, 0.4) is 0 Å². The number of aryl methyl sites for hydroxylation is 2. The van der Waals surface area contributed by atoms with Crippen LogP contribution in [0, 0.1) is 6.92 Å². The zero-order valence-electron chi connectivity index (χ0n) is 10.6. The number of carbonyl (C=O) groups excluding carboxylic acids is 1. The predicted molar refractivity (Wildman–Crippen MR) is 72.1 cm³/mol. The average Bonchev–Trinajstić information content (AvgIpc) is 2.68. The summed E-state index contributed by atoms with van der Waals surface area (Å²) < 4.78 is 0. The number of hydrogen-bond donors (Lipinski definition) is 1. The van der Waals surface area contributed by atoms with E-state index in [9.17, 15) is 4.79 Å². The van der Waals surface area contributed by atoms with Crippen LogP contribution >= 0.6 is 11.3 Å². The van der Waals surface area contributed by atoms with E-state index in [4.69, 9.17) is 5.73 Å². The summed E-state index contributed by atoms with van der Waals surface area (Å²) in [6, 6.07) is 0. The van der Waals surface area contributed by atoms with Gasteiger partial charge >= 0.3 is 0 Å². The SMILES string of the molecule is Cc1ncsc1CCCCCCCCC(N)=O. The minimum atomic E-state index is -0.175. The van der Waals surface area contributed by atoms with Crippen molar-refractivity contribution in [2.24, 2.45) is 5.73 Å². The Bertz CT molecular complexity index is 336. The number of nitrogens with zero attached hydrogens (tertiary/aromatic N) is 1. The Morgan fingerprint density at radius 1 is 1.24 bits per heavy atom. The van der Waals surface area contributed by atoms with Crippen molar-refractivity contribution >= 4 is 17.2 Å². The third kappa shape index (κ3) is 6.41. The first kappa shape index (κ1) is 14.2. The van der Waals surface area contributed by atoms with E-state index in [1.807, 2.05) is 5.51 Å². The van der Waals surface area contributed by atoms with E-state index in [2.05, 4.69) is 11.9 Å². The molecule has 0 aliphatic carbocycles. The molecule has 0 aromatic carbocycles.